The molecule has 158 valence electrons. The van der Waals surface area contributed by atoms with E-state index < -0.39 is 18.2 Å². The molecule has 1 saturated heterocycles. The molecule has 2 atom stereocenters. The molecule has 8 nitrogen and oxygen atoms in total. The Kier molecular flexibility index (Phi) is 10.2. The summed E-state index contributed by atoms with van der Waals surface area (Å²) in [6.45, 7) is 2.11. The van der Waals surface area contributed by atoms with Crippen LogP contribution in [0.25, 0.3) is 0 Å². The number of aromatic nitrogens is 2. The number of unbranched alkanes of at least 4 members (excludes halogenated alkanes) is 8. The number of hydrogen-bond donors (Lipinski definition) is 2. The summed E-state index contributed by atoms with van der Waals surface area (Å²) in [6, 6.07) is 1.56. The third-order valence-electron chi connectivity index (χ3n) is 4.80. The maximum absolute atomic E-state index is 12.1. The van der Waals surface area contributed by atoms with Crippen molar-refractivity contribution in [2.75, 3.05) is 18.5 Å². The van der Waals surface area contributed by atoms with Crippen LogP contribution in [0.3, 0.4) is 0 Å². The Balaban J connectivity index is 1.64. The lowest BCUT2D eigenvalue weighted by molar-refractivity contribution is -0.116. The number of anilines is 1. The van der Waals surface area contributed by atoms with Gasteiger partial charge in [-0.05, 0) is 12.5 Å². The highest BCUT2D eigenvalue weighted by Gasteiger charge is 2.27. The number of carbonyl (C=O) groups is 1. The van der Waals surface area contributed by atoms with Gasteiger partial charge < -0.3 is 19.9 Å². The highest BCUT2D eigenvalue weighted by molar-refractivity contribution is 5.89. The van der Waals surface area contributed by atoms with Crippen molar-refractivity contribution in [1.29, 1.82) is 0 Å². The van der Waals surface area contributed by atoms with Crippen molar-refractivity contribution < 1.29 is 19.4 Å². The van der Waals surface area contributed by atoms with Crippen LogP contribution >= 0.6 is 0 Å². The smallest absolute Gasteiger partial charge is 0.351 e. The van der Waals surface area contributed by atoms with Gasteiger partial charge in [0, 0.05) is 12.6 Å². The maximum atomic E-state index is 12.1. The van der Waals surface area contributed by atoms with E-state index >= 15 is 0 Å². The third kappa shape index (κ3) is 7.69. The zero-order valence-corrected chi connectivity index (χ0v) is 16.8. The van der Waals surface area contributed by atoms with Crippen LogP contribution in [-0.2, 0) is 14.3 Å². The van der Waals surface area contributed by atoms with Crippen LogP contribution in [0.4, 0.5) is 5.82 Å². The standard InChI is InChI=1S/C20H33N3O5/c1-2-3-4-5-6-7-8-9-10-11-17(25)21-16-12-13-23(20(26)22-16)18-15-27-19(14-24)28-18/h12-13,18-19,24H,2-11,14-15H2,1H3,(H,21,22,25,26)/t18-,19-/m0/s1. The summed E-state index contributed by atoms with van der Waals surface area (Å²) in [5, 5.41) is 11.7. The van der Waals surface area contributed by atoms with Gasteiger partial charge in [0.05, 0.1) is 13.2 Å². The van der Waals surface area contributed by atoms with Crippen LogP contribution in [0.1, 0.15) is 77.4 Å². The largest absolute Gasteiger partial charge is 0.391 e. The molecule has 0 radical (unpaired) electrons. The van der Waals surface area contributed by atoms with E-state index in [1.807, 2.05) is 0 Å². The van der Waals surface area contributed by atoms with Crippen LogP contribution in [-0.4, -0.2) is 40.1 Å². The van der Waals surface area contributed by atoms with Gasteiger partial charge in [-0.2, -0.15) is 4.98 Å². The van der Waals surface area contributed by atoms with E-state index in [9.17, 15) is 9.59 Å². The van der Waals surface area contributed by atoms with Gasteiger partial charge in [0.15, 0.2) is 12.5 Å². The second kappa shape index (κ2) is 12.6. The molecule has 0 bridgehead atoms. The Morgan fingerprint density at radius 1 is 1.21 bits per heavy atom. The van der Waals surface area contributed by atoms with Crippen LogP contribution in [0.15, 0.2) is 17.1 Å². The number of rotatable bonds is 13. The van der Waals surface area contributed by atoms with Crippen molar-refractivity contribution in [2.24, 2.45) is 0 Å². The van der Waals surface area contributed by atoms with E-state index in [2.05, 4.69) is 17.2 Å². The molecule has 0 saturated carbocycles. The first-order chi connectivity index (χ1) is 13.6. The van der Waals surface area contributed by atoms with E-state index in [0.29, 0.717) is 6.42 Å². The van der Waals surface area contributed by atoms with Gasteiger partial charge >= 0.3 is 5.69 Å². The minimum atomic E-state index is -0.729. The van der Waals surface area contributed by atoms with E-state index in [-0.39, 0.29) is 24.9 Å². The second-order valence-electron chi connectivity index (χ2n) is 7.17. The van der Waals surface area contributed by atoms with Crippen molar-refractivity contribution >= 4 is 11.7 Å². The van der Waals surface area contributed by atoms with Gasteiger partial charge in [-0.25, -0.2) is 4.79 Å². The quantitative estimate of drug-likeness (QED) is 0.498. The van der Waals surface area contributed by atoms with Gasteiger partial charge in [-0.3, -0.25) is 9.36 Å². The number of nitrogens with zero attached hydrogens (tertiary/aromatic N) is 2. The summed E-state index contributed by atoms with van der Waals surface area (Å²) >= 11 is 0. The summed E-state index contributed by atoms with van der Waals surface area (Å²) in [5.74, 6) is 0.105. The number of amides is 1. The first kappa shape index (κ1) is 22.5. The lowest BCUT2D eigenvalue weighted by Crippen LogP contribution is -2.29. The molecule has 2 heterocycles. The van der Waals surface area contributed by atoms with Crippen molar-refractivity contribution in [2.45, 2.75) is 83.6 Å². The molecule has 2 rings (SSSR count). The predicted octanol–water partition coefficient (Wildman–Crippen LogP) is 2.97. The van der Waals surface area contributed by atoms with Gasteiger partial charge in [-0.15, -0.1) is 0 Å². The molecular weight excluding hydrogens is 362 g/mol. The second-order valence-corrected chi connectivity index (χ2v) is 7.17. The molecule has 1 aromatic rings. The highest BCUT2D eigenvalue weighted by Crippen LogP contribution is 2.19. The minimum Gasteiger partial charge on any atom is -0.391 e. The molecular formula is C20H33N3O5. The van der Waals surface area contributed by atoms with Crippen molar-refractivity contribution in [3.8, 4) is 0 Å². The number of hydrogen-bond acceptors (Lipinski definition) is 6. The number of nitrogens with one attached hydrogen (secondary N) is 1. The van der Waals surface area contributed by atoms with Crippen LogP contribution < -0.4 is 11.0 Å². The molecule has 0 aliphatic carbocycles. The summed E-state index contributed by atoms with van der Waals surface area (Å²) < 4.78 is 11.8. The fraction of sp³-hybridized carbons (Fsp3) is 0.750. The summed E-state index contributed by atoms with van der Waals surface area (Å²) in [4.78, 5) is 28.0. The van der Waals surface area contributed by atoms with Gasteiger partial charge in [0.2, 0.25) is 5.91 Å². The fourth-order valence-corrected chi connectivity index (χ4v) is 3.19. The van der Waals surface area contributed by atoms with Gasteiger partial charge in [0.1, 0.15) is 5.82 Å². The Bertz CT molecular complexity index is 649. The molecule has 0 aromatic carbocycles. The number of ether oxygens (including phenoxy) is 2. The lowest BCUT2D eigenvalue weighted by Gasteiger charge is -2.12. The average Bonchev–Trinajstić information content (AvgIpc) is 3.16. The van der Waals surface area contributed by atoms with Crippen LogP contribution in [0.5, 0.6) is 0 Å². The number of aliphatic hydroxyl groups excluding tert-OH is 1. The molecule has 1 fully saturated rings. The van der Waals surface area contributed by atoms with Crippen molar-refractivity contribution in [3.05, 3.63) is 22.7 Å². The van der Waals surface area contributed by atoms with E-state index in [1.165, 1.54) is 49.3 Å². The molecule has 0 unspecified atom stereocenters. The predicted molar refractivity (Wildman–Crippen MR) is 106 cm³/mol. The normalized spacial score (nSPS) is 19.1. The first-order valence-corrected chi connectivity index (χ1v) is 10.4. The van der Waals surface area contributed by atoms with E-state index in [1.54, 1.807) is 6.07 Å². The molecule has 1 aromatic heterocycles. The number of carbonyl (C=O) groups excluding carboxylic acids is 1. The van der Waals surface area contributed by atoms with E-state index in [0.717, 1.165) is 19.3 Å². The molecule has 8 heteroatoms. The lowest BCUT2D eigenvalue weighted by atomic mass is 10.1. The topological polar surface area (TPSA) is 103 Å². The first-order valence-electron chi connectivity index (χ1n) is 10.4. The Hall–Kier alpha value is -1.77. The SMILES string of the molecule is CCCCCCCCCCCC(=O)Nc1ccn([C@@H]2CO[C@H](CO)O2)c(=O)n1. The molecule has 0 spiro atoms. The third-order valence-corrected chi connectivity index (χ3v) is 4.80. The minimum absolute atomic E-state index is 0.131. The van der Waals surface area contributed by atoms with Crippen molar-refractivity contribution in [3.63, 3.8) is 0 Å². The summed E-state index contributed by atoms with van der Waals surface area (Å²) in [5.41, 5.74) is -0.534. The zero-order chi connectivity index (χ0) is 20.2. The number of aliphatic hydroxyl groups is 1. The zero-order valence-electron chi connectivity index (χ0n) is 16.8. The molecule has 1 aliphatic heterocycles. The Morgan fingerprint density at radius 3 is 2.50 bits per heavy atom. The van der Waals surface area contributed by atoms with Crippen LogP contribution in [0, 0.1) is 0 Å². The van der Waals surface area contributed by atoms with E-state index in [4.69, 9.17) is 14.6 Å². The van der Waals surface area contributed by atoms with Crippen molar-refractivity contribution in [1.82, 2.24) is 9.55 Å². The fourth-order valence-electron chi connectivity index (χ4n) is 3.19. The maximum Gasteiger partial charge on any atom is 0.351 e. The van der Waals surface area contributed by atoms with Crippen LogP contribution in [0.2, 0.25) is 0 Å². The van der Waals surface area contributed by atoms with Gasteiger partial charge in [0.25, 0.3) is 0 Å². The van der Waals surface area contributed by atoms with Gasteiger partial charge in [-0.1, -0.05) is 58.3 Å². The Morgan fingerprint density at radius 2 is 1.89 bits per heavy atom. The summed E-state index contributed by atoms with van der Waals surface area (Å²) in [6.07, 6.45) is 11.4. The molecule has 1 aliphatic rings. The average molecular weight is 396 g/mol. The Labute approximate surface area is 166 Å². The molecule has 1 amide bonds. The summed E-state index contributed by atoms with van der Waals surface area (Å²) in [7, 11) is 0. The molecule has 2 N–H and O–H groups in total. The monoisotopic (exact) mass is 395 g/mol. The highest BCUT2D eigenvalue weighted by atomic mass is 16.7. The molecule has 28 heavy (non-hydrogen) atoms.